The molecule has 0 spiro atoms. The molecule has 24 heavy (non-hydrogen) atoms. The van der Waals surface area contributed by atoms with Crippen LogP contribution in [0.1, 0.15) is 13.8 Å². The zero-order valence-electron chi connectivity index (χ0n) is 14.7. The molecule has 1 saturated heterocycles. The van der Waals surface area contributed by atoms with Crippen LogP contribution in [0.5, 0.6) is 5.75 Å². The van der Waals surface area contributed by atoms with Crippen LogP contribution in [0.3, 0.4) is 0 Å². The fraction of sp³-hybridized carbons (Fsp3) is 0.588. The van der Waals surface area contributed by atoms with Gasteiger partial charge >= 0.3 is 0 Å². The van der Waals surface area contributed by atoms with Gasteiger partial charge < -0.3 is 19.9 Å². The molecule has 1 aliphatic rings. The van der Waals surface area contributed by atoms with Crippen LogP contribution in [-0.2, 0) is 4.79 Å². The van der Waals surface area contributed by atoms with E-state index in [-0.39, 0.29) is 36.6 Å². The van der Waals surface area contributed by atoms with Gasteiger partial charge in [0.05, 0.1) is 12.3 Å². The van der Waals surface area contributed by atoms with E-state index in [0.29, 0.717) is 6.61 Å². The van der Waals surface area contributed by atoms with E-state index >= 15 is 0 Å². The topological polar surface area (TPSA) is 44.8 Å². The van der Waals surface area contributed by atoms with Crippen molar-refractivity contribution in [1.82, 2.24) is 10.2 Å². The van der Waals surface area contributed by atoms with Crippen molar-refractivity contribution >= 4 is 36.4 Å². The Morgan fingerprint density at radius 2 is 1.83 bits per heavy atom. The first kappa shape index (κ1) is 22.8. The first-order valence-corrected chi connectivity index (χ1v) is 8.07. The van der Waals surface area contributed by atoms with Gasteiger partial charge in [0, 0.05) is 38.6 Å². The van der Waals surface area contributed by atoms with Gasteiger partial charge in [-0.25, -0.2) is 0 Å². The maximum atomic E-state index is 12.3. The van der Waals surface area contributed by atoms with Gasteiger partial charge in [0.25, 0.3) is 0 Å². The normalized spacial score (nSPS) is 15.1. The quantitative estimate of drug-likeness (QED) is 0.826. The van der Waals surface area contributed by atoms with Gasteiger partial charge in [0.2, 0.25) is 5.91 Å². The van der Waals surface area contributed by atoms with Crippen molar-refractivity contribution in [2.75, 3.05) is 51.3 Å². The Bertz CT molecular complexity index is 494. The maximum Gasteiger partial charge on any atom is 0.226 e. The molecule has 0 aliphatic carbocycles. The summed E-state index contributed by atoms with van der Waals surface area (Å²) in [5.41, 5.74) is 1.12. The Balaban J connectivity index is 0.00000264. The Morgan fingerprint density at radius 1 is 1.21 bits per heavy atom. The average Bonchev–Trinajstić information content (AvgIpc) is 2.55. The highest BCUT2D eigenvalue weighted by Crippen LogP contribution is 2.28. The Hall–Kier alpha value is -1.17. The standard InChI is InChI=1S/C17H27N3O2.2ClH/c1-4-22-16-8-6-5-7-15(16)19-9-11-20(12-10-19)17(21)14(2)13-18-3;;/h5-8,14,18H,4,9-13H2,1-3H3;2*1H. The van der Waals surface area contributed by atoms with Crippen LogP contribution >= 0.6 is 24.8 Å². The molecule has 1 N–H and O–H groups in total. The lowest BCUT2D eigenvalue weighted by Crippen LogP contribution is -2.51. The van der Waals surface area contributed by atoms with Crippen molar-refractivity contribution in [3.8, 4) is 5.75 Å². The number of piperazine rings is 1. The zero-order valence-corrected chi connectivity index (χ0v) is 16.3. The van der Waals surface area contributed by atoms with Crippen LogP contribution in [0.4, 0.5) is 5.69 Å². The highest BCUT2D eigenvalue weighted by Gasteiger charge is 2.25. The summed E-state index contributed by atoms with van der Waals surface area (Å²) >= 11 is 0. The number of amides is 1. The fourth-order valence-electron chi connectivity index (χ4n) is 2.87. The highest BCUT2D eigenvalue weighted by molar-refractivity contribution is 5.85. The minimum atomic E-state index is 0. The molecular formula is C17H29Cl2N3O2. The minimum absolute atomic E-state index is 0. The van der Waals surface area contributed by atoms with Gasteiger partial charge in [-0.2, -0.15) is 0 Å². The third-order valence-corrected chi connectivity index (χ3v) is 4.03. The van der Waals surface area contributed by atoms with E-state index in [4.69, 9.17) is 4.74 Å². The smallest absolute Gasteiger partial charge is 0.226 e. The van der Waals surface area contributed by atoms with Crippen molar-refractivity contribution in [2.45, 2.75) is 13.8 Å². The number of ether oxygens (including phenoxy) is 1. The molecule has 1 atom stereocenters. The van der Waals surface area contributed by atoms with E-state index < -0.39 is 0 Å². The lowest BCUT2D eigenvalue weighted by atomic mass is 10.1. The molecule has 1 amide bonds. The number of hydrogen-bond acceptors (Lipinski definition) is 4. The van der Waals surface area contributed by atoms with Crippen molar-refractivity contribution in [2.24, 2.45) is 5.92 Å². The molecule has 0 saturated carbocycles. The third-order valence-electron chi connectivity index (χ3n) is 4.03. The summed E-state index contributed by atoms with van der Waals surface area (Å²) in [6.45, 7) is 8.61. The Kier molecular flexibility index (Phi) is 10.8. The van der Waals surface area contributed by atoms with E-state index in [1.807, 2.05) is 44.0 Å². The first-order valence-electron chi connectivity index (χ1n) is 8.07. The molecule has 5 nitrogen and oxygen atoms in total. The molecule has 1 fully saturated rings. The average molecular weight is 378 g/mol. The van der Waals surface area contributed by atoms with Crippen LogP contribution in [0.15, 0.2) is 24.3 Å². The summed E-state index contributed by atoms with van der Waals surface area (Å²) in [5, 5.41) is 3.07. The van der Waals surface area contributed by atoms with E-state index in [9.17, 15) is 4.79 Å². The molecule has 2 rings (SSSR count). The fourth-order valence-corrected chi connectivity index (χ4v) is 2.87. The summed E-state index contributed by atoms with van der Waals surface area (Å²) in [6, 6.07) is 8.12. The SMILES string of the molecule is CCOc1ccccc1N1CCN(C(=O)C(C)CNC)CC1.Cl.Cl. The molecule has 1 aromatic rings. The van der Waals surface area contributed by atoms with Crippen LogP contribution in [0.2, 0.25) is 0 Å². The molecule has 1 aromatic carbocycles. The molecule has 1 unspecified atom stereocenters. The van der Waals surface area contributed by atoms with Gasteiger partial charge in [-0.3, -0.25) is 4.79 Å². The number of carbonyl (C=O) groups is 1. The number of rotatable bonds is 6. The zero-order chi connectivity index (χ0) is 15.9. The van der Waals surface area contributed by atoms with Crippen LogP contribution in [0.25, 0.3) is 0 Å². The predicted octanol–water partition coefficient (Wildman–Crippen LogP) is 2.43. The van der Waals surface area contributed by atoms with E-state index in [2.05, 4.69) is 16.3 Å². The second-order valence-electron chi connectivity index (χ2n) is 5.67. The van der Waals surface area contributed by atoms with E-state index in [1.54, 1.807) is 0 Å². The number of nitrogens with zero attached hydrogens (tertiary/aromatic N) is 2. The van der Waals surface area contributed by atoms with Crippen LogP contribution in [0, 0.1) is 5.92 Å². The second-order valence-corrected chi connectivity index (χ2v) is 5.67. The Labute approximate surface area is 157 Å². The first-order chi connectivity index (χ1) is 10.7. The summed E-state index contributed by atoms with van der Waals surface area (Å²) in [6.07, 6.45) is 0. The number of hydrogen-bond donors (Lipinski definition) is 1. The van der Waals surface area contributed by atoms with Gasteiger partial charge in [-0.05, 0) is 26.1 Å². The lowest BCUT2D eigenvalue weighted by molar-refractivity contribution is -0.135. The summed E-state index contributed by atoms with van der Waals surface area (Å²) in [5.74, 6) is 1.20. The molecule has 1 heterocycles. The Morgan fingerprint density at radius 3 is 2.42 bits per heavy atom. The van der Waals surface area contributed by atoms with Crippen molar-refractivity contribution in [3.63, 3.8) is 0 Å². The highest BCUT2D eigenvalue weighted by atomic mass is 35.5. The molecule has 1 aliphatic heterocycles. The molecule has 7 heteroatoms. The van der Waals surface area contributed by atoms with Crippen molar-refractivity contribution in [1.29, 1.82) is 0 Å². The van der Waals surface area contributed by atoms with Gasteiger partial charge in [0.1, 0.15) is 5.75 Å². The maximum absolute atomic E-state index is 12.3. The number of nitrogens with one attached hydrogen (secondary N) is 1. The van der Waals surface area contributed by atoms with Crippen LogP contribution < -0.4 is 15.0 Å². The van der Waals surface area contributed by atoms with Crippen molar-refractivity contribution in [3.05, 3.63) is 24.3 Å². The number of halogens is 2. The molecule has 0 aromatic heterocycles. The monoisotopic (exact) mass is 377 g/mol. The predicted molar refractivity (Wildman–Crippen MR) is 104 cm³/mol. The largest absolute Gasteiger partial charge is 0.492 e. The molecule has 0 radical (unpaired) electrons. The number of carbonyl (C=O) groups excluding carboxylic acids is 1. The van der Waals surface area contributed by atoms with Crippen LogP contribution in [-0.4, -0.2) is 57.2 Å². The van der Waals surface area contributed by atoms with E-state index in [1.165, 1.54) is 0 Å². The van der Waals surface area contributed by atoms with Gasteiger partial charge in [-0.1, -0.05) is 19.1 Å². The molecule has 0 bridgehead atoms. The van der Waals surface area contributed by atoms with Gasteiger partial charge in [0.15, 0.2) is 0 Å². The lowest BCUT2D eigenvalue weighted by Gasteiger charge is -2.37. The second kappa shape index (κ2) is 11.4. The molecule has 138 valence electrons. The van der Waals surface area contributed by atoms with Crippen molar-refractivity contribution < 1.29 is 9.53 Å². The summed E-state index contributed by atoms with van der Waals surface area (Å²) in [4.78, 5) is 16.6. The number of anilines is 1. The number of benzene rings is 1. The number of para-hydroxylation sites is 2. The van der Waals surface area contributed by atoms with Gasteiger partial charge in [-0.15, -0.1) is 24.8 Å². The molecular weight excluding hydrogens is 349 g/mol. The van der Waals surface area contributed by atoms with E-state index in [0.717, 1.165) is 44.2 Å². The summed E-state index contributed by atoms with van der Waals surface area (Å²) < 4.78 is 5.70. The third kappa shape index (κ3) is 5.72. The summed E-state index contributed by atoms with van der Waals surface area (Å²) in [7, 11) is 1.88. The minimum Gasteiger partial charge on any atom is -0.492 e.